The summed E-state index contributed by atoms with van der Waals surface area (Å²) in [6.45, 7) is 4.82. The molecule has 3 rings (SSSR count). The first-order chi connectivity index (χ1) is 19.9. The van der Waals surface area contributed by atoms with Crippen molar-refractivity contribution >= 4 is 50.7 Å². The van der Waals surface area contributed by atoms with Gasteiger partial charge >= 0.3 is 0 Å². The Balaban J connectivity index is 2.15. The summed E-state index contributed by atoms with van der Waals surface area (Å²) < 4.78 is 40.1. The molecule has 3 aromatic carbocycles. The molecule has 0 bridgehead atoms. The van der Waals surface area contributed by atoms with Gasteiger partial charge in [0.2, 0.25) is 11.8 Å². The zero-order chi connectivity index (χ0) is 31.2. The summed E-state index contributed by atoms with van der Waals surface area (Å²) in [7, 11) is 0.0207. The van der Waals surface area contributed by atoms with Gasteiger partial charge in [-0.3, -0.25) is 13.9 Å². The van der Waals surface area contributed by atoms with Crippen LogP contribution in [0.15, 0.2) is 59.5 Å². The van der Waals surface area contributed by atoms with E-state index in [0.29, 0.717) is 27.0 Å². The standard InChI is InChI=1S/C30H35Cl2N3O6S/c1-7-26(30(37)33-4)34(17-21-8-9-22(31)15-25(21)32)29(36)18-35(23-13-19(2)12-20(3)14-23)42(38,39)24-10-11-27(40-5)28(16-24)41-6/h8-16,26H,7,17-18H2,1-6H3,(H,33,37). The predicted molar refractivity (Wildman–Crippen MR) is 165 cm³/mol. The number of carbonyl (C=O) groups is 2. The fourth-order valence-electron chi connectivity index (χ4n) is 4.65. The van der Waals surface area contributed by atoms with Gasteiger partial charge < -0.3 is 19.7 Å². The summed E-state index contributed by atoms with van der Waals surface area (Å²) in [5.41, 5.74) is 2.48. The highest BCUT2D eigenvalue weighted by Gasteiger charge is 2.34. The zero-order valence-electron chi connectivity index (χ0n) is 24.4. The molecule has 42 heavy (non-hydrogen) atoms. The zero-order valence-corrected chi connectivity index (χ0v) is 26.7. The molecule has 1 unspecified atom stereocenters. The lowest BCUT2D eigenvalue weighted by atomic mass is 10.1. The van der Waals surface area contributed by atoms with E-state index in [9.17, 15) is 18.0 Å². The van der Waals surface area contributed by atoms with Gasteiger partial charge in [-0.15, -0.1) is 0 Å². The second kappa shape index (κ2) is 14.1. The number of ether oxygens (including phenoxy) is 2. The Kier molecular flexibility index (Phi) is 11.1. The van der Waals surface area contributed by atoms with Crippen LogP contribution in [0, 0.1) is 13.8 Å². The molecular weight excluding hydrogens is 601 g/mol. The van der Waals surface area contributed by atoms with Crippen LogP contribution in [0.3, 0.4) is 0 Å². The summed E-state index contributed by atoms with van der Waals surface area (Å²) in [5.74, 6) is -0.417. The molecule has 9 nitrogen and oxygen atoms in total. The molecule has 1 N–H and O–H groups in total. The number of likely N-dealkylation sites (N-methyl/N-ethyl adjacent to an activating group) is 1. The number of hydrogen-bond acceptors (Lipinski definition) is 6. The fourth-order valence-corrected chi connectivity index (χ4v) is 6.53. The van der Waals surface area contributed by atoms with Crippen molar-refractivity contribution in [2.45, 2.75) is 44.7 Å². The first kappa shape index (κ1) is 33.0. The molecule has 0 radical (unpaired) electrons. The van der Waals surface area contributed by atoms with Crippen molar-refractivity contribution < 1.29 is 27.5 Å². The van der Waals surface area contributed by atoms with Crippen LogP contribution in [0.1, 0.15) is 30.0 Å². The molecule has 2 amide bonds. The van der Waals surface area contributed by atoms with Crippen molar-refractivity contribution in [2.75, 3.05) is 32.1 Å². The number of rotatable bonds is 12. The van der Waals surface area contributed by atoms with E-state index in [0.717, 1.165) is 15.4 Å². The van der Waals surface area contributed by atoms with Crippen LogP contribution < -0.4 is 19.1 Å². The normalized spacial score (nSPS) is 11.9. The quantitative estimate of drug-likeness (QED) is 0.287. The first-order valence-corrected chi connectivity index (χ1v) is 15.3. The third kappa shape index (κ3) is 7.48. The molecule has 0 aliphatic rings. The molecule has 3 aromatic rings. The molecule has 12 heteroatoms. The van der Waals surface area contributed by atoms with E-state index in [1.54, 1.807) is 37.3 Å². The second-order valence-electron chi connectivity index (χ2n) is 9.67. The third-order valence-corrected chi connectivity index (χ3v) is 9.06. The van der Waals surface area contributed by atoms with Gasteiger partial charge in [0.05, 0.1) is 24.8 Å². The second-order valence-corrected chi connectivity index (χ2v) is 12.4. The Morgan fingerprint density at radius 1 is 0.929 bits per heavy atom. The smallest absolute Gasteiger partial charge is 0.264 e. The van der Waals surface area contributed by atoms with Gasteiger partial charge in [0.25, 0.3) is 10.0 Å². The Morgan fingerprint density at radius 3 is 2.12 bits per heavy atom. The highest BCUT2D eigenvalue weighted by atomic mass is 35.5. The Hall–Kier alpha value is -3.47. The minimum atomic E-state index is -4.31. The molecule has 226 valence electrons. The van der Waals surface area contributed by atoms with E-state index in [1.807, 2.05) is 19.9 Å². The van der Waals surface area contributed by atoms with Crippen molar-refractivity contribution in [2.24, 2.45) is 0 Å². The molecule has 0 heterocycles. The molecule has 0 fully saturated rings. The maximum absolute atomic E-state index is 14.2. The fraction of sp³-hybridized carbons (Fsp3) is 0.333. The van der Waals surface area contributed by atoms with E-state index in [-0.39, 0.29) is 23.6 Å². The lowest BCUT2D eigenvalue weighted by molar-refractivity contribution is -0.140. The van der Waals surface area contributed by atoms with Crippen molar-refractivity contribution in [1.29, 1.82) is 0 Å². The molecule has 0 saturated heterocycles. The van der Waals surface area contributed by atoms with E-state index in [4.69, 9.17) is 32.7 Å². The van der Waals surface area contributed by atoms with Crippen LogP contribution in [-0.4, -0.2) is 59.0 Å². The van der Waals surface area contributed by atoms with Gasteiger partial charge in [-0.1, -0.05) is 42.3 Å². The number of methoxy groups -OCH3 is 2. The summed E-state index contributed by atoms with van der Waals surface area (Å²) in [4.78, 5) is 28.3. The number of aryl methyl sites for hydroxylation is 2. The molecule has 0 aromatic heterocycles. The molecule has 0 aliphatic carbocycles. The predicted octanol–water partition coefficient (Wildman–Crippen LogP) is 5.38. The summed E-state index contributed by atoms with van der Waals surface area (Å²) in [6, 6.07) is 13.5. The topological polar surface area (TPSA) is 105 Å². The number of amides is 2. The number of hydrogen-bond donors (Lipinski definition) is 1. The lowest BCUT2D eigenvalue weighted by Gasteiger charge is -2.33. The van der Waals surface area contributed by atoms with Crippen LogP contribution in [0.25, 0.3) is 0 Å². The first-order valence-electron chi connectivity index (χ1n) is 13.1. The number of benzene rings is 3. The van der Waals surface area contributed by atoms with Gasteiger partial charge in [-0.2, -0.15) is 0 Å². The number of nitrogens with one attached hydrogen (secondary N) is 1. The van der Waals surface area contributed by atoms with Crippen LogP contribution in [0.2, 0.25) is 10.0 Å². The monoisotopic (exact) mass is 635 g/mol. The van der Waals surface area contributed by atoms with Gasteiger partial charge in [0.1, 0.15) is 12.6 Å². The Morgan fingerprint density at radius 2 is 1.57 bits per heavy atom. The Bertz CT molecular complexity index is 1540. The van der Waals surface area contributed by atoms with Crippen LogP contribution >= 0.6 is 23.2 Å². The van der Waals surface area contributed by atoms with E-state index >= 15 is 0 Å². The number of halogens is 2. The summed E-state index contributed by atoms with van der Waals surface area (Å²) >= 11 is 12.5. The minimum Gasteiger partial charge on any atom is -0.493 e. The molecule has 0 aliphatic heterocycles. The Labute approximate surface area is 257 Å². The lowest BCUT2D eigenvalue weighted by Crippen LogP contribution is -2.51. The summed E-state index contributed by atoms with van der Waals surface area (Å²) in [5, 5.41) is 3.33. The number of sulfonamides is 1. The highest BCUT2D eigenvalue weighted by molar-refractivity contribution is 7.92. The maximum Gasteiger partial charge on any atom is 0.264 e. The van der Waals surface area contributed by atoms with Crippen molar-refractivity contribution in [3.63, 3.8) is 0 Å². The van der Waals surface area contributed by atoms with Crippen LogP contribution in [0.5, 0.6) is 11.5 Å². The summed E-state index contributed by atoms with van der Waals surface area (Å²) in [6.07, 6.45) is 0.280. The van der Waals surface area contributed by atoms with Gasteiger partial charge in [0.15, 0.2) is 11.5 Å². The minimum absolute atomic E-state index is 0.0438. The number of anilines is 1. The third-order valence-electron chi connectivity index (χ3n) is 6.70. The molecular formula is C30H35Cl2N3O6S. The average Bonchev–Trinajstić information content (AvgIpc) is 2.95. The van der Waals surface area contributed by atoms with Crippen molar-refractivity contribution in [3.8, 4) is 11.5 Å². The van der Waals surface area contributed by atoms with E-state index < -0.39 is 34.4 Å². The van der Waals surface area contributed by atoms with Crippen LogP contribution in [-0.2, 0) is 26.2 Å². The molecule has 0 spiro atoms. The number of nitrogens with zero attached hydrogens (tertiary/aromatic N) is 2. The van der Waals surface area contributed by atoms with Gasteiger partial charge in [-0.05, 0) is 73.4 Å². The molecule has 1 atom stereocenters. The average molecular weight is 637 g/mol. The van der Waals surface area contributed by atoms with E-state index in [1.165, 1.54) is 44.4 Å². The van der Waals surface area contributed by atoms with Gasteiger partial charge in [0, 0.05) is 29.7 Å². The molecule has 0 saturated carbocycles. The largest absolute Gasteiger partial charge is 0.493 e. The maximum atomic E-state index is 14.2. The van der Waals surface area contributed by atoms with E-state index in [2.05, 4.69) is 5.32 Å². The van der Waals surface area contributed by atoms with Gasteiger partial charge in [-0.25, -0.2) is 8.42 Å². The highest BCUT2D eigenvalue weighted by Crippen LogP contribution is 2.33. The number of carbonyl (C=O) groups excluding carboxylic acids is 2. The van der Waals surface area contributed by atoms with Crippen molar-refractivity contribution in [1.82, 2.24) is 10.2 Å². The van der Waals surface area contributed by atoms with Crippen LogP contribution in [0.4, 0.5) is 5.69 Å². The SMILES string of the molecule is CCC(C(=O)NC)N(Cc1ccc(Cl)cc1Cl)C(=O)CN(c1cc(C)cc(C)c1)S(=O)(=O)c1ccc(OC)c(OC)c1. The van der Waals surface area contributed by atoms with Crippen molar-refractivity contribution in [3.05, 3.63) is 81.3 Å².